The molecular formula is C25H31IN4O5. The topological polar surface area (TPSA) is 100 Å². The van der Waals surface area contributed by atoms with Gasteiger partial charge in [-0.15, -0.1) is 0 Å². The van der Waals surface area contributed by atoms with E-state index < -0.39 is 11.9 Å². The van der Waals surface area contributed by atoms with Gasteiger partial charge in [0.1, 0.15) is 24.6 Å². The highest BCUT2D eigenvalue weighted by atomic mass is 127. The maximum atomic E-state index is 13.3. The highest BCUT2D eigenvalue weighted by molar-refractivity contribution is 14.1. The number of fused-ring (bicyclic) bond motifs is 1. The summed E-state index contributed by atoms with van der Waals surface area (Å²) in [7, 11) is 3.07. The summed E-state index contributed by atoms with van der Waals surface area (Å²) in [6, 6.07) is 10.4. The van der Waals surface area contributed by atoms with Crippen molar-refractivity contribution in [1.29, 1.82) is 0 Å². The Labute approximate surface area is 219 Å². The lowest BCUT2D eigenvalue weighted by atomic mass is 10.1. The Hall–Kier alpha value is -3.02. The van der Waals surface area contributed by atoms with Gasteiger partial charge in [-0.3, -0.25) is 14.5 Å². The van der Waals surface area contributed by atoms with Gasteiger partial charge in [0.05, 0.1) is 35.7 Å². The van der Waals surface area contributed by atoms with Gasteiger partial charge in [0.25, 0.3) is 0 Å². The highest BCUT2D eigenvalue weighted by Crippen LogP contribution is 2.34. The van der Waals surface area contributed by atoms with E-state index in [1.807, 2.05) is 18.2 Å². The minimum absolute atomic E-state index is 0.0755. The molecule has 2 aromatic carbocycles. The number of nitrogens with zero attached hydrogens (tertiary/aromatic N) is 2. The fraction of sp³-hybridized carbons (Fsp3) is 0.400. The number of nitrogens with one attached hydrogen (secondary N) is 2. The zero-order valence-corrected chi connectivity index (χ0v) is 22.5. The van der Waals surface area contributed by atoms with E-state index in [0.717, 1.165) is 15.6 Å². The molecule has 0 saturated carbocycles. The van der Waals surface area contributed by atoms with Crippen LogP contribution < -0.4 is 25.0 Å². The fourth-order valence-corrected chi connectivity index (χ4v) is 4.44. The first kappa shape index (κ1) is 26.6. The molecule has 2 N–H and O–H groups in total. The van der Waals surface area contributed by atoms with Gasteiger partial charge in [0.2, 0.25) is 11.8 Å². The van der Waals surface area contributed by atoms with Crippen molar-refractivity contribution in [2.24, 2.45) is 5.92 Å². The summed E-state index contributed by atoms with van der Waals surface area (Å²) in [6.45, 7) is 4.74. The number of urea groups is 1. The van der Waals surface area contributed by atoms with Crippen LogP contribution in [0.3, 0.4) is 0 Å². The van der Waals surface area contributed by atoms with Gasteiger partial charge in [-0.1, -0.05) is 32.0 Å². The minimum atomic E-state index is -0.394. The van der Waals surface area contributed by atoms with Crippen molar-refractivity contribution in [1.82, 2.24) is 10.2 Å². The van der Waals surface area contributed by atoms with Gasteiger partial charge >= 0.3 is 6.03 Å². The first-order chi connectivity index (χ1) is 16.7. The average molecular weight is 594 g/mol. The quantitative estimate of drug-likeness (QED) is 0.408. The van der Waals surface area contributed by atoms with Crippen LogP contribution in [-0.2, 0) is 16.1 Å². The molecule has 1 aliphatic heterocycles. The number of amides is 4. The number of methoxy groups -OCH3 is 2. The van der Waals surface area contributed by atoms with Crippen molar-refractivity contribution in [3.8, 4) is 11.5 Å². The van der Waals surface area contributed by atoms with E-state index in [9.17, 15) is 14.4 Å². The van der Waals surface area contributed by atoms with Crippen molar-refractivity contribution in [3.05, 3.63) is 45.5 Å². The molecule has 0 spiro atoms. The first-order valence-corrected chi connectivity index (χ1v) is 12.4. The van der Waals surface area contributed by atoms with Crippen LogP contribution in [0.4, 0.5) is 16.2 Å². The van der Waals surface area contributed by atoms with E-state index in [1.165, 1.54) is 16.9 Å². The molecule has 0 radical (unpaired) electrons. The standard InChI is InChI=1S/C25H31IN4O5/c1-16(2)9-10-27-23(31)14-29-13-17-7-5-6-8-20(17)30(25(29)33)15-24(32)28-19-11-18(26)21(34-3)12-22(19)35-4/h5-8,11-12,16H,9-10,13-15H2,1-4H3,(H,27,31)(H,28,32). The lowest BCUT2D eigenvalue weighted by Gasteiger charge is -2.36. The molecule has 0 fully saturated rings. The molecule has 188 valence electrons. The molecule has 1 aliphatic rings. The molecule has 35 heavy (non-hydrogen) atoms. The number of para-hydroxylation sites is 1. The maximum absolute atomic E-state index is 13.3. The Morgan fingerprint density at radius 2 is 1.77 bits per heavy atom. The number of rotatable bonds is 10. The minimum Gasteiger partial charge on any atom is -0.496 e. The van der Waals surface area contributed by atoms with Crippen LogP contribution in [-0.4, -0.2) is 56.6 Å². The summed E-state index contributed by atoms with van der Waals surface area (Å²) in [6.07, 6.45) is 0.864. The zero-order valence-electron chi connectivity index (χ0n) is 20.4. The third-order valence-corrected chi connectivity index (χ3v) is 6.42. The SMILES string of the molecule is COc1cc(OC)c(NC(=O)CN2C(=O)N(CC(=O)NCCC(C)C)Cc3ccccc32)cc1I. The molecule has 2 aromatic rings. The number of ether oxygens (including phenoxy) is 2. The van der Waals surface area contributed by atoms with Crippen molar-refractivity contribution in [2.75, 3.05) is 44.1 Å². The summed E-state index contributed by atoms with van der Waals surface area (Å²) < 4.78 is 11.5. The Morgan fingerprint density at radius 3 is 2.46 bits per heavy atom. The van der Waals surface area contributed by atoms with Crippen molar-refractivity contribution in [3.63, 3.8) is 0 Å². The van der Waals surface area contributed by atoms with Crippen molar-refractivity contribution >= 4 is 51.8 Å². The predicted molar refractivity (Wildman–Crippen MR) is 143 cm³/mol. The van der Waals surface area contributed by atoms with Gasteiger partial charge < -0.3 is 25.0 Å². The molecule has 0 atom stereocenters. The Kier molecular flexibility index (Phi) is 9.19. The molecule has 4 amide bonds. The second kappa shape index (κ2) is 12.1. The van der Waals surface area contributed by atoms with Crippen molar-refractivity contribution < 1.29 is 23.9 Å². The summed E-state index contributed by atoms with van der Waals surface area (Å²) in [4.78, 5) is 41.6. The normalized spacial score (nSPS) is 12.9. The van der Waals surface area contributed by atoms with Gasteiger partial charge in [-0.05, 0) is 52.6 Å². The van der Waals surface area contributed by atoms with Crippen LogP contribution in [0, 0.1) is 9.49 Å². The third kappa shape index (κ3) is 6.77. The second-order valence-electron chi connectivity index (χ2n) is 8.62. The van der Waals surface area contributed by atoms with Crippen LogP contribution in [0.2, 0.25) is 0 Å². The molecule has 1 heterocycles. The molecule has 3 rings (SSSR count). The summed E-state index contributed by atoms with van der Waals surface area (Å²) in [5.74, 6) is 0.931. The van der Waals surface area contributed by atoms with E-state index >= 15 is 0 Å². The number of carbonyl (C=O) groups excluding carboxylic acids is 3. The van der Waals surface area contributed by atoms with E-state index in [-0.39, 0.29) is 19.0 Å². The van der Waals surface area contributed by atoms with Crippen LogP contribution in [0.15, 0.2) is 36.4 Å². The third-order valence-electron chi connectivity index (χ3n) is 5.57. The predicted octanol–water partition coefficient (Wildman–Crippen LogP) is 3.85. The largest absolute Gasteiger partial charge is 0.496 e. The van der Waals surface area contributed by atoms with Gasteiger partial charge in [-0.25, -0.2) is 4.79 Å². The first-order valence-electron chi connectivity index (χ1n) is 11.4. The molecule has 10 heteroatoms. The smallest absolute Gasteiger partial charge is 0.325 e. The second-order valence-corrected chi connectivity index (χ2v) is 9.78. The Morgan fingerprint density at radius 1 is 1.06 bits per heavy atom. The number of halogens is 1. The molecule has 0 aromatic heterocycles. The molecule has 9 nitrogen and oxygen atoms in total. The number of hydrogen-bond donors (Lipinski definition) is 2. The van der Waals surface area contributed by atoms with Gasteiger partial charge in [0, 0.05) is 12.6 Å². The molecule has 0 aliphatic carbocycles. The molecular weight excluding hydrogens is 563 g/mol. The van der Waals surface area contributed by atoms with Crippen LogP contribution in [0.1, 0.15) is 25.8 Å². The number of hydrogen-bond acceptors (Lipinski definition) is 5. The lowest BCUT2D eigenvalue weighted by Crippen LogP contribution is -2.52. The number of benzene rings is 2. The van der Waals surface area contributed by atoms with E-state index in [4.69, 9.17) is 9.47 Å². The van der Waals surface area contributed by atoms with E-state index in [2.05, 4.69) is 47.1 Å². The Bertz CT molecular complexity index is 1090. The molecule has 0 saturated heterocycles. The summed E-state index contributed by atoms with van der Waals surface area (Å²) in [5.41, 5.74) is 1.99. The van der Waals surface area contributed by atoms with Gasteiger partial charge in [0.15, 0.2) is 0 Å². The summed E-state index contributed by atoms with van der Waals surface area (Å²) >= 11 is 2.11. The summed E-state index contributed by atoms with van der Waals surface area (Å²) in [5, 5.41) is 5.70. The van der Waals surface area contributed by atoms with Crippen LogP contribution >= 0.6 is 22.6 Å². The zero-order chi connectivity index (χ0) is 25.5. The highest BCUT2D eigenvalue weighted by Gasteiger charge is 2.32. The van der Waals surface area contributed by atoms with E-state index in [1.54, 1.807) is 25.3 Å². The van der Waals surface area contributed by atoms with Crippen LogP contribution in [0.25, 0.3) is 0 Å². The fourth-order valence-electron chi connectivity index (χ4n) is 3.75. The monoisotopic (exact) mass is 594 g/mol. The van der Waals surface area contributed by atoms with Gasteiger partial charge in [-0.2, -0.15) is 0 Å². The van der Waals surface area contributed by atoms with Crippen LogP contribution in [0.5, 0.6) is 11.5 Å². The average Bonchev–Trinajstić information content (AvgIpc) is 2.81. The lowest BCUT2D eigenvalue weighted by molar-refractivity contribution is -0.121. The maximum Gasteiger partial charge on any atom is 0.325 e. The van der Waals surface area contributed by atoms with Crippen molar-refractivity contribution in [2.45, 2.75) is 26.8 Å². The number of anilines is 2. The molecule has 0 bridgehead atoms. The number of carbonyl (C=O) groups is 3. The molecule has 0 unspecified atom stereocenters. The van der Waals surface area contributed by atoms with E-state index in [0.29, 0.717) is 41.9 Å². The Balaban J connectivity index is 1.75.